The predicted molar refractivity (Wildman–Crippen MR) is 85.6 cm³/mol. The van der Waals surface area contributed by atoms with Gasteiger partial charge in [-0.05, 0) is 24.7 Å². The molecule has 1 aromatic carbocycles. The van der Waals surface area contributed by atoms with Crippen LogP contribution in [0.5, 0.6) is 0 Å². The number of nitrogens with one attached hydrogen (secondary N) is 1. The molecule has 1 aliphatic carbocycles. The van der Waals surface area contributed by atoms with Crippen molar-refractivity contribution in [1.82, 2.24) is 5.32 Å². The number of thioether (sulfide) groups is 1. The Hall–Kier alpha value is -1.00. The molecule has 0 bridgehead atoms. The van der Waals surface area contributed by atoms with Gasteiger partial charge in [0.15, 0.2) is 0 Å². The number of rotatable bonds is 6. The highest BCUT2D eigenvalue weighted by Gasteiger charge is 2.36. The van der Waals surface area contributed by atoms with Crippen molar-refractivity contribution in [3.63, 3.8) is 0 Å². The monoisotopic (exact) mass is 292 g/mol. The molecular weight excluding hydrogens is 268 g/mol. The summed E-state index contributed by atoms with van der Waals surface area (Å²) in [5.41, 5.74) is 7.20. The summed E-state index contributed by atoms with van der Waals surface area (Å²) in [6.45, 7) is 2.67. The van der Waals surface area contributed by atoms with Gasteiger partial charge in [-0.15, -0.1) is 0 Å². The summed E-state index contributed by atoms with van der Waals surface area (Å²) < 4.78 is 0.270. The molecule has 2 unspecified atom stereocenters. The minimum atomic E-state index is -0.247. The van der Waals surface area contributed by atoms with Crippen molar-refractivity contribution in [2.24, 2.45) is 11.7 Å². The van der Waals surface area contributed by atoms with E-state index >= 15 is 0 Å². The number of nitrogens with two attached hydrogens (primary N) is 1. The van der Waals surface area contributed by atoms with E-state index in [-0.39, 0.29) is 22.6 Å². The van der Waals surface area contributed by atoms with E-state index in [9.17, 15) is 4.79 Å². The first kappa shape index (κ1) is 15.4. The third-order valence-corrected chi connectivity index (χ3v) is 5.84. The molecule has 0 spiro atoms. The second-order valence-corrected chi connectivity index (χ2v) is 6.96. The molecule has 2 atom stereocenters. The molecule has 3 nitrogen and oxygen atoms in total. The predicted octanol–water partition coefficient (Wildman–Crippen LogP) is 2.72. The molecule has 20 heavy (non-hydrogen) atoms. The van der Waals surface area contributed by atoms with Gasteiger partial charge in [-0.25, -0.2) is 0 Å². The number of hydrogen-bond acceptors (Lipinski definition) is 3. The summed E-state index contributed by atoms with van der Waals surface area (Å²) >= 11 is 1.87. The average Bonchev–Trinajstić information content (AvgIpc) is 2.45. The molecule has 0 aromatic heterocycles. The van der Waals surface area contributed by atoms with Gasteiger partial charge in [-0.1, -0.05) is 43.7 Å². The third kappa shape index (κ3) is 3.36. The van der Waals surface area contributed by atoms with Crippen molar-refractivity contribution < 1.29 is 4.79 Å². The molecular formula is C16H24N2OS. The molecule has 0 saturated heterocycles. The van der Waals surface area contributed by atoms with Crippen LogP contribution in [0.4, 0.5) is 0 Å². The van der Waals surface area contributed by atoms with E-state index in [4.69, 9.17) is 5.73 Å². The van der Waals surface area contributed by atoms with E-state index in [1.807, 2.05) is 49.0 Å². The van der Waals surface area contributed by atoms with Crippen molar-refractivity contribution in [2.75, 3.05) is 12.8 Å². The Balaban J connectivity index is 1.88. The highest BCUT2D eigenvalue weighted by molar-refractivity contribution is 8.00. The zero-order chi connectivity index (χ0) is 14.6. The molecule has 1 aromatic rings. The molecule has 1 fully saturated rings. The quantitative estimate of drug-likeness (QED) is 0.847. The van der Waals surface area contributed by atoms with E-state index in [1.54, 1.807) is 0 Å². The molecule has 0 heterocycles. The third-order valence-electron chi connectivity index (χ3n) is 4.42. The first-order valence-corrected chi connectivity index (χ1v) is 8.44. The zero-order valence-electron chi connectivity index (χ0n) is 12.3. The molecule has 4 heteroatoms. The van der Waals surface area contributed by atoms with E-state index in [0.29, 0.717) is 0 Å². The van der Waals surface area contributed by atoms with Crippen LogP contribution in [0.25, 0.3) is 0 Å². The van der Waals surface area contributed by atoms with Gasteiger partial charge in [0, 0.05) is 17.3 Å². The van der Waals surface area contributed by atoms with Crippen LogP contribution in [0.15, 0.2) is 30.3 Å². The molecule has 0 aliphatic heterocycles. The van der Waals surface area contributed by atoms with Crippen LogP contribution in [-0.4, -0.2) is 23.5 Å². The SMILES string of the molecule is CSC1(CNC(=O)C(C)C(N)c2ccccc2)CCC1. The Bertz CT molecular complexity index is 440. The highest BCUT2D eigenvalue weighted by atomic mass is 32.2. The molecule has 110 valence electrons. The van der Waals surface area contributed by atoms with Crippen molar-refractivity contribution in [3.8, 4) is 0 Å². The highest BCUT2D eigenvalue weighted by Crippen LogP contribution is 2.42. The fraction of sp³-hybridized carbons (Fsp3) is 0.562. The standard InChI is InChI=1S/C16H24N2OS/c1-12(14(17)13-7-4-3-5-8-13)15(19)18-11-16(20-2)9-6-10-16/h3-5,7-8,12,14H,6,9-11,17H2,1-2H3,(H,18,19). The van der Waals surface area contributed by atoms with Crippen LogP contribution in [0.2, 0.25) is 0 Å². The first-order chi connectivity index (χ1) is 9.58. The van der Waals surface area contributed by atoms with E-state index in [1.165, 1.54) is 19.3 Å². The fourth-order valence-electron chi connectivity index (χ4n) is 2.56. The number of benzene rings is 1. The van der Waals surface area contributed by atoms with Crippen molar-refractivity contribution in [3.05, 3.63) is 35.9 Å². The lowest BCUT2D eigenvalue weighted by Crippen LogP contribution is -2.47. The molecule has 1 saturated carbocycles. The molecule has 1 amide bonds. The first-order valence-electron chi connectivity index (χ1n) is 7.21. The Morgan fingerprint density at radius 1 is 1.40 bits per heavy atom. The number of amides is 1. The maximum absolute atomic E-state index is 12.3. The van der Waals surface area contributed by atoms with Gasteiger partial charge >= 0.3 is 0 Å². The Morgan fingerprint density at radius 2 is 2.05 bits per heavy atom. The lowest BCUT2D eigenvalue weighted by atomic mass is 9.84. The largest absolute Gasteiger partial charge is 0.354 e. The van der Waals surface area contributed by atoms with Gasteiger partial charge in [0.05, 0.1) is 5.92 Å². The van der Waals surface area contributed by atoms with Gasteiger partial charge in [0.2, 0.25) is 5.91 Å². The lowest BCUT2D eigenvalue weighted by Gasteiger charge is -2.40. The van der Waals surface area contributed by atoms with Crippen LogP contribution in [0, 0.1) is 5.92 Å². The van der Waals surface area contributed by atoms with Crippen LogP contribution >= 0.6 is 11.8 Å². The minimum absolute atomic E-state index is 0.0571. The topological polar surface area (TPSA) is 55.1 Å². The van der Waals surface area contributed by atoms with Crippen LogP contribution in [0.1, 0.15) is 37.8 Å². The van der Waals surface area contributed by atoms with Crippen molar-refractivity contribution >= 4 is 17.7 Å². The smallest absolute Gasteiger partial charge is 0.224 e. The maximum Gasteiger partial charge on any atom is 0.224 e. The normalized spacial score (nSPS) is 19.8. The summed E-state index contributed by atoms with van der Waals surface area (Å²) in [7, 11) is 0. The number of carbonyl (C=O) groups is 1. The zero-order valence-corrected chi connectivity index (χ0v) is 13.1. The van der Waals surface area contributed by atoms with Gasteiger partial charge in [-0.3, -0.25) is 4.79 Å². The van der Waals surface area contributed by atoms with Gasteiger partial charge in [-0.2, -0.15) is 11.8 Å². The maximum atomic E-state index is 12.3. The number of hydrogen-bond donors (Lipinski definition) is 2. The molecule has 2 rings (SSSR count). The minimum Gasteiger partial charge on any atom is -0.354 e. The van der Waals surface area contributed by atoms with Gasteiger partial charge in [0.1, 0.15) is 0 Å². The fourth-order valence-corrected chi connectivity index (χ4v) is 3.47. The van der Waals surface area contributed by atoms with E-state index < -0.39 is 0 Å². The van der Waals surface area contributed by atoms with E-state index in [0.717, 1.165) is 12.1 Å². The summed E-state index contributed by atoms with van der Waals surface area (Å²) in [5.74, 6) is -0.155. The second kappa shape index (κ2) is 6.64. The Kier molecular flexibility index (Phi) is 5.11. The summed E-state index contributed by atoms with van der Waals surface area (Å²) in [6, 6.07) is 9.57. The molecule has 1 aliphatic rings. The lowest BCUT2D eigenvalue weighted by molar-refractivity contribution is -0.125. The average molecular weight is 292 g/mol. The second-order valence-electron chi connectivity index (χ2n) is 5.68. The van der Waals surface area contributed by atoms with Gasteiger partial charge in [0.25, 0.3) is 0 Å². The van der Waals surface area contributed by atoms with E-state index in [2.05, 4.69) is 11.6 Å². The van der Waals surface area contributed by atoms with Crippen LogP contribution in [0.3, 0.4) is 0 Å². The Labute approximate surface area is 125 Å². The molecule has 3 N–H and O–H groups in total. The van der Waals surface area contributed by atoms with Crippen molar-refractivity contribution in [2.45, 2.75) is 37.0 Å². The number of carbonyl (C=O) groups excluding carboxylic acids is 1. The summed E-state index contributed by atoms with van der Waals surface area (Å²) in [4.78, 5) is 12.3. The Morgan fingerprint density at radius 3 is 2.55 bits per heavy atom. The van der Waals surface area contributed by atoms with Crippen LogP contribution < -0.4 is 11.1 Å². The summed E-state index contributed by atoms with van der Waals surface area (Å²) in [5, 5.41) is 3.09. The molecule has 0 radical (unpaired) electrons. The van der Waals surface area contributed by atoms with Crippen molar-refractivity contribution in [1.29, 1.82) is 0 Å². The van der Waals surface area contributed by atoms with Crippen LogP contribution in [-0.2, 0) is 4.79 Å². The van der Waals surface area contributed by atoms with Gasteiger partial charge < -0.3 is 11.1 Å². The summed E-state index contributed by atoms with van der Waals surface area (Å²) in [6.07, 6.45) is 5.81.